The van der Waals surface area contributed by atoms with Crippen LogP contribution < -0.4 is 25.1 Å². The minimum Gasteiger partial charge on any atom is -0.493 e. The molecule has 0 bridgehead atoms. The first-order chi connectivity index (χ1) is 14.1. The first-order valence-electron chi connectivity index (χ1n) is 9.49. The summed E-state index contributed by atoms with van der Waals surface area (Å²) in [6.45, 7) is 2.85. The molecule has 1 aromatic heterocycles. The second-order valence-corrected chi connectivity index (χ2v) is 6.76. The molecular formula is C22H26N2O5. The smallest absolute Gasteiger partial charge is 0.256 e. The van der Waals surface area contributed by atoms with Crippen molar-refractivity contribution in [2.75, 3.05) is 26.9 Å². The van der Waals surface area contributed by atoms with Crippen LogP contribution in [0.15, 0.2) is 59.5 Å². The van der Waals surface area contributed by atoms with Crippen LogP contribution in [0.4, 0.5) is 0 Å². The Morgan fingerprint density at radius 1 is 0.966 bits per heavy atom. The molecule has 3 N–H and O–H groups in total. The SMILES string of the molecule is COc1ccccc1OC[C@H](C)NCC(O)COc1c[nH]c(=O)c2ccccc12. The fourth-order valence-corrected chi connectivity index (χ4v) is 2.90. The van der Waals surface area contributed by atoms with Gasteiger partial charge in [-0.1, -0.05) is 30.3 Å². The van der Waals surface area contributed by atoms with E-state index in [0.717, 1.165) is 5.39 Å². The zero-order chi connectivity index (χ0) is 20.6. The summed E-state index contributed by atoms with van der Waals surface area (Å²) in [5.41, 5.74) is -0.168. The second-order valence-electron chi connectivity index (χ2n) is 6.76. The first-order valence-corrected chi connectivity index (χ1v) is 9.49. The van der Waals surface area contributed by atoms with Gasteiger partial charge in [-0.25, -0.2) is 0 Å². The summed E-state index contributed by atoms with van der Waals surface area (Å²) in [4.78, 5) is 14.5. The highest BCUT2D eigenvalue weighted by Gasteiger charge is 2.12. The van der Waals surface area contributed by atoms with Crippen molar-refractivity contribution < 1.29 is 19.3 Å². The summed E-state index contributed by atoms with van der Waals surface area (Å²) < 4.78 is 16.8. The maximum Gasteiger partial charge on any atom is 0.256 e. The largest absolute Gasteiger partial charge is 0.493 e. The van der Waals surface area contributed by atoms with E-state index < -0.39 is 6.10 Å². The predicted molar refractivity (Wildman–Crippen MR) is 112 cm³/mol. The number of aliphatic hydroxyl groups excluding tert-OH is 1. The van der Waals surface area contributed by atoms with E-state index in [1.54, 1.807) is 19.2 Å². The first kappa shape index (κ1) is 20.7. The Hall–Kier alpha value is -3.03. The number of nitrogens with one attached hydrogen (secondary N) is 2. The van der Waals surface area contributed by atoms with E-state index >= 15 is 0 Å². The summed E-state index contributed by atoms with van der Waals surface area (Å²) in [6, 6.07) is 14.7. The number of aromatic amines is 1. The van der Waals surface area contributed by atoms with Gasteiger partial charge in [-0.3, -0.25) is 4.79 Å². The van der Waals surface area contributed by atoms with Crippen molar-refractivity contribution in [2.24, 2.45) is 0 Å². The molecule has 0 fully saturated rings. The third-order valence-corrected chi connectivity index (χ3v) is 4.46. The number of benzene rings is 2. The Bertz CT molecular complexity index is 988. The monoisotopic (exact) mass is 398 g/mol. The molecule has 0 saturated heterocycles. The van der Waals surface area contributed by atoms with Crippen LogP contribution in [0.2, 0.25) is 0 Å². The topological polar surface area (TPSA) is 92.8 Å². The highest BCUT2D eigenvalue weighted by Crippen LogP contribution is 2.25. The number of H-pyrrole nitrogens is 1. The third kappa shape index (κ3) is 5.49. The molecule has 0 radical (unpaired) electrons. The van der Waals surface area contributed by atoms with Crippen LogP contribution in [0, 0.1) is 0 Å². The van der Waals surface area contributed by atoms with Crippen LogP contribution in [0.3, 0.4) is 0 Å². The molecule has 0 amide bonds. The molecule has 3 aromatic rings. The highest BCUT2D eigenvalue weighted by atomic mass is 16.5. The lowest BCUT2D eigenvalue weighted by Crippen LogP contribution is -2.39. The number of para-hydroxylation sites is 2. The van der Waals surface area contributed by atoms with Crippen molar-refractivity contribution in [1.29, 1.82) is 0 Å². The molecule has 2 atom stereocenters. The summed E-state index contributed by atoms with van der Waals surface area (Å²) in [5, 5.41) is 14.7. The molecule has 0 aliphatic heterocycles. The van der Waals surface area contributed by atoms with Crippen molar-refractivity contribution in [1.82, 2.24) is 10.3 Å². The van der Waals surface area contributed by atoms with E-state index in [-0.39, 0.29) is 18.2 Å². The molecule has 29 heavy (non-hydrogen) atoms. The number of fused-ring (bicyclic) bond motifs is 1. The van der Waals surface area contributed by atoms with Gasteiger partial charge in [0.05, 0.1) is 12.5 Å². The summed E-state index contributed by atoms with van der Waals surface area (Å²) in [7, 11) is 1.60. The Balaban J connectivity index is 1.46. The van der Waals surface area contributed by atoms with Gasteiger partial charge in [-0.2, -0.15) is 0 Å². The molecule has 2 aromatic carbocycles. The molecule has 3 rings (SSSR count). The lowest BCUT2D eigenvalue weighted by molar-refractivity contribution is 0.102. The third-order valence-electron chi connectivity index (χ3n) is 4.46. The van der Waals surface area contributed by atoms with E-state index in [1.165, 1.54) is 6.20 Å². The fraction of sp³-hybridized carbons (Fsp3) is 0.318. The van der Waals surface area contributed by atoms with E-state index in [9.17, 15) is 9.90 Å². The van der Waals surface area contributed by atoms with Crippen LogP contribution in [-0.4, -0.2) is 49.1 Å². The number of pyridine rings is 1. The standard InChI is InChI=1S/C22H26N2O5/c1-15(13-28-20-10-6-5-9-19(20)27-2)23-11-16(25)14-29-21-12-24-22(26)18-8-4-3-7-17(18)21/h3-10,12,15-16,23,25H,11,13-14H2,1-2H3,(H,24,26)/t15-,16?/m0/s1. The molecule has 1 heterocycles. The van der Waals surface area contributed by atoms with Gasteiger partial charge >= 0.3 is 0 Å². The highest BCUT2D eigenvalue weighted by molar-refractivity contribution is 5.86. The van der Waals surface area contributed by atoms with Gasteiger partial charge in [0, 0.05) is 24.2 Å². The summed E-state index contributed by atoms with van der Waals surface area (Å²) in [5.74, 6) is 1.89. The Kier molecular flexibility index (Phi) is 7.10. The number of hydrogen-bond donors (Lipinski definition) is 3. The van der Waals surface area contributed by atoms with Gasteiger partial charge in [-0.15, -0.1) is 0 Å². The van der Waals surface area contributed by atoms with Gasteiger partial charge in [0.25, 0.3) is 5.56 Å². The van der Waals surface area contributed by atoms with Gasteiger partial charge in [-0.05, 0) is 25.1 Å². The van der Waals surface area contributed by atoms with E-state index in [4.69, 9.17) is 14.2 Å². The Morgan fingerprint density at radius 3 is 2.38 bits per heavy atom. The average Bonchev–Trinajstić information content (AvgIpc) is 2.76. The number of rotatable bonds is 10. The maximum absolute atomic E-state index is 11.9. The molecule has 0 aliphatic carbocycles. The van der Waals surface area contributed by atoms with Crippen LogP contribution in [0.5, 0.6) is 17.2 Å². The fourth-order valence-electron chi connectivity index (χ4n) is 2.90. The van der Waals surface area contributed by atoms with Gasteiger partial charge in [0.15, 0.2) is 11.5 Å². The number of ether oxygens (including phenoxy) is 3. The Labute approximate surface area is 169 Å². The molecule has 0 aliphatic rings. The summed E-state index contributed by atoms with van der Waals surface area (Å²) in [6.07, 6.45) is 0.809. The van der Waals surface area contributed by atoms with Crippen LogP contribution in [-0.2, 0) is 0 Å². The van der Waals surface area contributed by atoms with Gasteiger partial charge in [0.2, 0.25) is 0 Å². The number of methoxy groups -OCH3 is 1. The van der Waals surface area contributed by atoms with Crippen molar-refractivity contribution >= 4 is 10.8 Å². The van der Waals surface area contributed by atoms with Crippen LogP contribution in [0.25, 0.3) is 10.8 Å². The maximum atomic E-state index is 11.9. The van der Waals surface area contributed by atoms with E-state index in [1.807, 2.05) is 43.3 Å². The van der Waals surface area contributed by atoms with Crippen molar-refractivity contribution in [3.63, 3.8) is 0 Å². The Morgan fingerprint density at radius 2 is 1.62 bits per heavy atom. The van der Waals surface area contributed by atoms with Crippen LogP contribution in [0.1, 0.15) is 6.92 Å². The van der Waals surface area contributed by atoms with Crippen LogP contribution >= 0.6 is 0 Å². The van der Waals surface area contributed by atoms with Gasteiger partial charge < -0.3 is 29.6 Å². The molecular weight excluding hydrogens is 372 g/mol. The van der Waals surface area contributed by atoms with E-state index in [0.29, 0.717) is 35.8 Å². The molecule has 0 saturated carbocycles. The zero-order valence-corrected chi connectivity index (χ0v) is 16.6. The zero-order valence-electron chi connectivity index (χ0n) is 16.6. The normalized spacial score (nSPS) is 13.1. The summed E-state index contributed by atoms with van der Waals surface area (Å²) >= 11 is 0. The van der Waals surface area contributed by atoms with Crippen molar-refractivity contribution in [3.05, 3.63) is 65.1 Å². The van der Waals surface area contributed by atoms with Crippen molar-refractivity contribution in [3.8, 4) is 17.2 Å². The molecule has 1 unspecified atom stereocenters. The number of aliphatic hydroxyl groups is 1. The second kappa shape index (κ2) is 9.95. The molecule has 7 heteroatoms. The van der Waals surface area contributed by atoms with E-state index in [2.05, 4.69) is 10.3 Å². The minimum atomic E-state index is -0.714. The number of hydrogen-bond acceptors (Lipinski definition) is 6. The molecule has 0 spiro atoms. The average molecular weight is 398 g/mol. The predicted octanol–water partition coefficient (Wildman–Crippen LogP) is 2.33. The van der Waals surface area contributed by atoms with Crippen molar-refractivity contribution in [2.45, 2.75) is 19.1 Å². The quantitative estimate of drug-likeness (QED) is 0.485. The van der Waals surface area contributed by atoms with Gasteiger partial charge in [0.1, 0.15) is 25.1 Å². The minimum absolute atomic E-state index is 0.0171. The molecule has 154 valence electrons. The lowest BCUT2D eigenvalue weighted by Gasteiger charge is -2.19. The lowest BCUT2D eigenvalue weighted by atomic mass is 10.1. The number of aromatic nitrogens is 1. The molecule has 7 nitrogen and oxygen atoms in total.